The van der Waals surface area contributed by atoms with Crippen molar-refractivity contribution >= 4 is 11.7 Å². The van der Waals surface area contributed by atoms with E-state index in [0.717, 1.165) is 18.9 Å². The molecular weight excluding hydrogens is 343 g/mol. The van der Waals surface area contributed by atoms with Gasteiger partial charge in [0.1, 0.15) is 11.9 Å². The third-order valence-electron chi connectivity index (χ3n) is 4.46. The van der Waals surface area contributed by atoms with Crippen molar-refractivity contribution in [3.8, 4) is 0 Å². The number of hydrogen-bond donors (Lipinski definition) is 1. The summed E-state index contributed by atoms with van der Waals surface area (Å²) in [5, 5.41) is 2.68. The van der Waals surface area contributed by atoms with E-state index in [2.05, 4.69) is 10.3 Å². The van der Waals surface area contributed by atoms with Crippen LogP contribution in [0.4, 0.5) is 19.0 Å². The number of carbonyl (C=O) groups excluding carboxylic acids is 1. The second-order valence-electron chi connectivity index (χ2n) is 6.30. The van der Waals surface area contributed by atoms with Crippen molar-refractivity contribution in [3.63, 3.8) is 0 Å². The van der Waals surface area contributed by atoms with E-state index >= 15 is 0 Å². The zero-order valence-electron chi connectivity index (χ0n) is 14.2. The highest BCUT2D eigenvalue weighted by Gasteiger charge is 2.37. The second-order valence-corrected chi connectivity index (χ2v) is 6.30. The first-order valence-corrected chi connectivity index (χ1v) is 8.56. The van der Waals surface area contributed by atoms with Crippen LogP contribution in [0.2, 0.25) is 0 Å². The summed E-state index contributed by atoms with van der Waals surface area (Å²) < 4.78 is 39.1. The van der Waals surface area contributed by atoms with Gasteiger partial charge in [-0.3, -0.25) is 4.79 Å². The van der Waals surface area contributed by atoms with E-state index in [1.165, 1.54) is 17.8 Å². The Balaban J connectivity index is 1.56. The van der Waals surface area contributed by atoms with Gasteiger partial charge in [0.05, 0.1) is 5.56 Å². The van der Waals surface area contributed by atoms with Gasteiger partial charge in [-0.05, 0) is 37.0 Å². The average molecular weight is 363 g/mol. The molecule has 2 aromatic rings. The lowest BCUT2D eigenvalue weighted by atomic mass is 10.1. The van der Waals surface area contributed by atoms with Gasteiger partial charge in [-0.15, -0.1) is 0 Å². The topological polar surface area (TPSA) is 45.2 Å². The number of rotatable bonds is 6. The largest absolute Gasteiger partial charge is 0.419 e. The molecule has 0 spiro atoms. The van der Waals surface area contributed by atoms with Crippen LogP contribution in [0, 0.1) is 0 Å². The summed E-state index contributed by atoms with van der Waals surface area (Å²) in [5.41, 5.74) is 0.354. The fourth-order valence-corrected chi connectivity index (χ4v) is 3.13. The van der Waals surface area contributed by atoms with Crippen LogP contribution in [-0.4, -0.2) is 34.9 Å². The van der Waals surface area contributed by atoms with Crippen molar-refractivity contribution in [3.05, 3.63) is 59.8 Å². The van der Waals surface area contributed by atoms with Crippen LogP contribution in [0.3, 0.4) is 0 Å². The number of alkyl halides is 3. The predicted octanol–water partition coefficient (Wildman–Crippen LogP) is 3.75. The van der Waals surface area contributed by atoms with Gasteiger partial charge in [-0.25, -0.2) is 4.98 Å². The van der Waals surface area contributed by atoms with Crippen molar-refractivity contribution < 1.29 is 18.0 Å². The maximum Gasteiger partial charge on any atom is 0.419 e. The molecule has 2 heterocycles. The smallest absolute Gasteiger partial charge is 0.358 e. The first kappa shape index (κ1) is 18.2. The fraction of sp³-hybridized carbons (Fsp3) is 0.368. The van der Waals surface area contributed by atoms with Crippen molar-refractivity contribution in [1.82, 2.24) is 9.88 Å². The van der Waals surface area contributed by atoms with Crippen molar-refractivity contribution in [2.24, 2.45) is 0 Å². The lowest BCUT2D eigenvalue weighted by Crippen LogP contribution is -2.34. The number of amides is 1. The van der Waals surface area contributed by atoms with Gasteiger partial charge in [0.15, 0.2) is 0 Å². The minimum atomic E-state index is -4.51. The third kappa shape index (κ3) is 4.33. The van der Waals surface area contributed by atoms with Gasteiger partial charge in [0.2, 0.25) is 5.91 Å². The Morgan fingerprint density at radius 3 is 2.65 bits per heavy atom. The minimum absolute atomic E-state index is 0.170. The molecule has 0 bridgehead atoms. The Bertz CT molecular complexity index is 749. The van der Waals surface area contributed by atoms with E-state index in [1.54, 1.807) is 4.90 Å². The van der Waals surface area contributed by atoms with Crippen LogP contribution in [0.25, 0.3) is 0 Å². The normalized spacial score (nSPS) is 17.6. The van der Waals surface area contributed by atoms with E-state index in [-0.39, 0.29) is 11.7 Å². The maximum absolute atomic E-state index is 13.0. The molecule has 4 nitrogen and oxygen atoms in total. The third-order valence-corrected chi connectivity index (χ3v) is 4.46. The number of nitrogens with zero attached hydrogens (tertiary/aromatic N) is 2. The first-order chi connectivity index (χ1) is 12.4. The SMILES string of the molecule is O=C1C(Nc2ncccc2C(F)(F)F)CCN1CCCc1ccccc1. The molecular formula is C19H20F3N3O. The zero-order valence-corrected chi connectivity index (χ0v) is 14.2. The number of benzene rings is 1. The average Bonchev–Trinajstić information content (AvgIpc) is 2.96. The molecule has 26 heavy (non-hydrogen) atoms. The van der Waals surface area contributed by atoms with Gasteiger partial charge in [0, 0.05) is 19.3 Å². The molecule has 0 radical (unpaired) electrons. The van der Waals surface area contributed by atoms with Crippen molar-refractivity contribution in [2.75, 3.05) is 18.4 Å². The van der Waals surface area contributed by atoms with E-state index in [4.69, 9.17) is 0 Å². The lowest BCUT2D eigenvalue weighted by molar-refractivity contribution is -0.137. The highest BCUT2D eigenvalue weighted by molar-refractivity contribution is 5.86. The first-order valence-electron chi connectivity index (χ1n) is 8.56. The Kier molecular flexibility index (Phi) is 5.44. The monoisotopic (exact) mass is 363 g/mol. The Morgan fingerprint density at radius 2 is 1.92 bits per heavy atom. The van der Waals surface area contributed by atoms with Crippen LogP contribution in [0.1, 0.15) is 24.0 Å². The number of aryl methyl sites for hydroxylation is 1. The quantitative estimate of drug-likeness (QED) is 0.850. The number of hydrogen-bond acceptors (Lipinski definition) is 3. The molecule has 7 heteroatoms. The summed E-state index contributed by atoms with van der Waals surface area (Å²) >= 11 is 0. The summed E-state index contributed by atoms with van der Waals surface area (Å²) in [6, 6.07) is 11.5. The summed E-state index contributed by atoms with van der Waals surface area (Å²) in [6.45, 7) is 1.14. The van der Waals surface area contributed by atoms with Gasteiger partial charge in [-0.1, -0.05) is 30.3 Å². The fourth-order valence-electron chi connectivity index (χ4n) is 3.13. The molecule has 1 aliphatic heterocycles. The molecule has 1 unspecified atom stereocenters. The second kappa shape index (κ2) is 7.76. The molecule has 0 saturated carbocycles. The van der Waals surface area contributed by atoms with Gasteiger partial charge in [0.25, 0.3) is 0 Å². The van der Waals surface area contributed by atoms with Crippen LogP contribution < -0.4 is 5.32 Å². The summed E-state index contributed by atoms with van der Waals surface area (Å²) in [4.78, 5) is 17.9. The molecule has 1 fully saturated rings. The molecule has 0 aliphatic carbocycles. The maximum atomic E-state index is 13.0. The van der Waals surface area contributed by atoms with Crippen molar-refractivity contribution in [1.29, 1.82) is 0 Å². The lowest BCUT2D eigenvalue weighted by Gasteiger charge is -2.19. The standard InChI is InChI=1S/C19H20F3N3O/c20-19(21,22)15-9-4-11-23-17(15)24-16-10-13-25(18(16)26)12-5-8-14-6-2-1-3-7-14/h1-4,6-7,9,11,16H,5,8,10,12-13H2,(H,23,24). The summed E-state index contributed by atoms with van der Waals surface area (Å²) in [7, 11) is 0. The summed E-state index contributed by atoms with van der Waals surface area (Å²) in [5.74, 6) is -0.457. The van der Waals surface area contributed by atoms with Gasteiger partial charge >= 0.3 is 6.18 Å². The molecule has 1 N–H and O–H groups in total. The predicted molar refractivity (Wildman–Crippen MR) is 92.6 cm³/mol. The Labute approximate surface area is 150 Å². The molecule has 138 valence electrons. The number of nitrogens with one attached hydrogen (secondary N) is 1. The van der Waals surface area contributed by atoms with Crippen LogP contribution in [0.5, 0.6) is 0 Å². The molecule has 1 saturated heterocycles. The van der Waals surface area contributed by atoms with Gasteiger partial charge in [-0.2, -0.15) is 13.2 Å². The summed E-state index contributed by atoms with van der Waals surface area (Å²) in [6.07, 6.45) is -1.07. The molecule has 1 aromatic carbocycles. The van der Waals surface area contributed by atoms with Crippen molar-refractivity contribution in [2.45, 2.75) is 31.5 Å². The highest BCUT2D eigenvalue weighted by atomic mass is 19.4. The number of anilines is 1. The highest BCUT2D eigenvalue weighted by Crippen LogP contribution is 2.34. The van der Waals surface area contributed by atoms with E-state index in [9.17, 15) is 18.0 Å². The number of likely N-dealkylation sites (tertiary alicyclic amines) is 1. The molecule has 1 amide bonds. The van der Waals surface area contributed by atoms with Crippen LogP contribution >= 0.6 is 0 Å². The molecule has 1 atom stereocenters. The number of pyridine rings is 1. The van der Waals surface area contributed by atoms with E-state index < -0.39 is 17.8 Å². The van der Waals surface area contributed by atoms with Crippen LogP contribution in [-0.2, 0) is 17.4 Å². The van der Waals surface area contributed by atoms with Crippen LogP contribution in [0.15, 0.2) is 48.7 Å². The molecule has 3 rings (SSSR count). The van der Waals surface area contributed by atoms with Gasteiger partial charge < -0.3 is 10.2 Å². The number of aromatic nitrogens is 1. The number of halogens is 3. The van der Waals surface area contributed by atoms with E-state index in [0.29, 0.717) is 19.5 Å². The Hall–Kier alpha value is -2.57. The molecule has 1 aliphatic rings. The van der Waals surface area contributed by atoms with E-state index in [1.807, 2.05) is 30.3 Å². The number of carbonyl (C=O) groups is 1. The zero-order chi connectivity index (χ0) is 18.6. The Morgan fingerprint density at radius 1 is 1.15 bits per heavy atom. The minimum Gasteiger partial charge on any atom is -0.358 e. The molecule has 1 aromatic heterocycles.